The van der Waals surface area contributed by atoms with Crippen molar-refractivity contribution in [1.82, 2.24) is 0 Å². The van der Waals surface area contributed by atoms with Crippen molar-refractivity contribution < 1.29 is 19.5 Å². The predicted molar refractivity (Wildman–Crippen MR) is 75.0 cm³/mol. The van der Waals surface area contributed by atoms with Crippen molar-refractivity contribution in [2.24, 2.45) is 5.90 Å². The molecular formula is C15H21NO4. The quantitative estimate of drug-likeness (QED) is 0.412. The van der Waals surface area contributed by atoms with Gasteiger partial charge in [0.2, 0.25) is 0 Å². The maximum atomic E-state index is 11.8. The van der Waals surface area contributed by atoms with E-state index >= 15 is 0 Å². The van der Waals surface area contributed by atoms with Crippen LogP contribution in [-0.2, 0) is 9.63 Å². The van der Waals surface area contributed by atoms with Crippen molar-refractivity contribution >= 4 is 11.8 Å². The average molecular weight is 279 g/mol. The molecule has 5 nitrogen and oxygen atoms in total. The number of nitrogens with two attached hydrogens (primary N) is 1. The van der Waals surface area contributed by atoms with Crippen LogP contribution in [0.4, 0.5) is 0 Å². The van der Waals surface area contributed by atoms with Crippen LogP contribution in [0.3, 0.4) is 0 Å². The molecule has 0 aliphatic carbocycles. The van der Waals surface area contributed by atoms with Gasteiger partial charge in [0.05, 0.1) is 5.56 Å². The van der Waals surface area contributed by atoms with Gasteiger partial charge >= 0.3 is 5.97 Å². The van der Waals surface area contributed by atoms with E-state index < -0.39 is 0 Å². The number of Topliss-reactive ketones (excluding diaryl/α,β-unsaturated/α-hetero) is 1. The molecule has 0 bridgehead atoms. The van der Waals surface area contributed by atoms with Crippen molar-refractivity contribution in [2.45, 2.75) is 44.9 Å². The highest BCUT2D eigenvalue weighted by molar-refractivity contribution is 5.98. The van der Waals surface area contributed by atoms with Crippen molar-refractivity contribution in [1.29, 1.82) is 0 Å². The lowest BCUT2D eigenvalue weighted by molar-refractivity contribution is -0.144. The summed E-state index contributed by atoms with van der Waals surface area (Å²) in [5, 5.41) is 9.55. The van der Waals surface area contributed by atoms with Crippen LogP contribution in [0.5, 0.6) is 5.75 Å². The molecule has 110 valence electrons. The molecule has 3 N–H and O–H groups in total. The molecule has 0 saturated heterocycles. The number of ketones is 1. The Morgan fingerprint density at radius 3 is 2.25 bits per heavy atom. The summed E-state index contributed by atoms with van der Waals surface area (Å²) in [5.74, 6) is 4.35. The van der Waals surface area contributed by atoms with E-state index in [-0.39, 0.29) is 17.5 Å². The third kappa shape index (κ3) is 5.84. The Kier molecular flexibility index (Phi) is 7.35. The standard InChI is InChI=1S/C15H21NO4/c16-20-15(19)11-5-3-1-2-4-9-13(17)12-8-6-7-10-14(12)18/h6-8,10,18H,1-5,9,11,16H2. The van der Waals surface area contributed by atoms with Crippen molar-refractivity contribution in [3.63, 3.8) is 0 Å². The number of para-hydroxylation sites is 1. The second-order valence-electron chi connectivity index (χ2n) is 4.70. The lowest BCUT2D eigenvalue weighted by Gasteiger charge is -2.03. The van der Waals surface area contributed by atoms with Gasteiger partial charge in [-0.1, -0.05) is 31.4 Å². The lowest BCUT2D eigenvalue weighted by atomic mass is 10.0. The number of unbranched alkanes of at least 4 members (excludes halogenated alkanes) is 4. The molecule has 0 radical (unpaired) electrons. The molecule has 0 aliphatic rings. The normalized spacial score (nSPS) is 10.2. The van der Waals surface area contributed by atoms with Crippen LogP contribution in [0, 0.1) is 0 Å². The van der Waals surface area contributed by atoms with Crippen LogP contribution >= 0.6 is 0 Å². The summed E-state index contributed by atoms with van der Waals surface area (Å²) in [6, 6.07) is 6.59. The molecular weight excluding hydrogens is 258 g/mol. The first-order valence-electron chi connectivity index (χ1n) is 6.86. The number of carbonyl (C=O) groups excluding carboxylic acids is 2. The van der Waals surface area contributed by atoms with Gasteiger partial charge in [0, 0.05) is 12.8 Å². The van der Waals surface area contributed by atoms with Gasteiger partial charge in [0.1, 0.15) is 5.75 Å². The Morgan fingerprint density at radius 2 is 1.60 bits per heavy atom. The second kappa shape index (κ2) is 9.09. The SMILES string of the molecule is NOC(=O)CCCCCCCC(=O)c1ccccc1O. The van der Waals surface area contributed by atoms with Gasteiger partial charge in [0.25, 0.3) is 0 Å². The number of phenolic OH excluding ortho intramolecular Hbond substituents is 1. The van der Waals surface area contributed by atoms with E-state index in [0.29, 0.717) is 18.4 Å². The first-order chi connectivity index (χ1) is 9.65. The van der Waals surface area contributed by atoms with Crippen molar-refractivity contribution in [3.8, 4) is 5.75 Å². The minimum absolute atomic E-state index is 0.0326. The molecule has 0 unspecified atom stereocenters. The minimum Gasteiger partial charge on any atom is -0.507 e. The molecule has 20 heavy (non-hydrogen) atoms. The van der Waals surface area contributed by atoms with E-state index in [9.17, 15) is 14.7 Å². The molecule has 1 aromatic carbocycles. The number of benzene rings is 1. The maximum Gasteiger partial charge on any atom is 0.324 e. The summed E-state index contributed by atoms with van der Waals surface area (Å²) in [4.78, 5) is 26.7. The van der Waals surface area contributed by atoms with E-state index in [2.05, 4.69) is 4.84 Å². The number of hydrogen-bond acceptors (Lipinski definition) is 5. The van der Waals surface area contributed by atoms with Crippen molar-refractivity contribution in [3.05, 3.63) is 29.8 Å². The number of phenols is 1. The molecule has 0 spiro atoms. The fraction of sp³-hybridized carbons (Fsp3) is 0.467. The zero-order chi connectivity index (χ0) is 14.8. The molecule has 0 saturated carbocycles. The van der Waals surface area contributed by atoms with Gasteiger partial charge in [-0.3, -0.25) is 9.59 Å². The lowest BCUT2D eigenvalue weighted by Crippen LogP contribution is -2.09. The summed E-state index contributed by atoms with van der Waals surface area (Å²) in [5.41, 5.74) is 0.387. The summed E-state index contributed by atoms with van der Waals surface area (Å²) in [6.07, 6.45) is 5.12. The Morgan fingerprint density at radius 1 is 1.00 bits per heavy atom. The summed E-state index contributed by atoms with van der Waals surface area (Å²) in [6.45, 7) is 0. The van der Waals surface area contributed by atoms with Gasteiger partial charge in [0.15, 0.2) is 5.78 Å². The van der Waals surface area contributed by atoms with E-state index in [1.807, 2.05) is 0 Å². The zero-order valence-electron chi connectivity index (χ0n) is 11.5. The first-order valence-corrected chi connectivity index (χ1v) is 6.86. The molecule has 1 rings (SSSR count). The number of rotatable bonds is 9. The van der Waals surface area contributed by atoms with Gasteiger partial charge in [-0.2, -0.15) is 5.90 Å². The Hall–Kier alpha value is -1.88. The van der Waals surface area contributed by atoms with Crippen LogP contribution in [0.2, 0.25) is 0 Å². The third-order valence-corrected chi connectivity index (χ3v) is 3.12. The first kappa shape index (κ1) is 16.2. The molecule has 0 atom stereocenters. The van der Waals surface area contributed by atoms with Gasteiger partial charge in [-0.05, 0) is 25.0 Å². The maximum absolute atomic E-state index is 11.8. The largest absolute Gasteiger partial charge is 0.507 e. The van der Waals surface area contributed by atoms with Gasteiger partial charge in [-0.15, -0.1) is 0 Å². The Balaban J connectivity index is 2.11. The van der Waals surface area contributed by atoms with E-state index in [1.165, 1.54) is 6.07 Å². The van der Waals surface area contributed by atoms with E-state index in [0.717, 1.165) is 32.1 Å². The smallest absolute Gasteiger partial charge is 0.324 e. The van der Waals surface area contributed by atoms with Crippen LogP contribution < -0.4 is 5.90 Å². The highest BCUT2D eigenvalue weighted by Gasteiger charge is 2.09. The Bertz CT molecular complexity index is 445. The molecule has 0 aromatic heterocycles. The molecule has 0 aliphatic heterocycles. The monoisotopic (exact) mass is 279 g/mol. The molecule has 1 aromatic rings. The molecule has 0 fully saturated rings. The summed E-state index contributed by atoms with van der Waals surface area (Å²) >= 11 is 0. The predicted octanol–water partition coefficient (Wildman–Crippen LogP) is 2.72. The van der Waals surface area contributed by atoms with Gasteiger partial charge in [-0.25, -0.2) is 0 Å². The molecule has 5 heteroatoms. The third-order valence-electron chi connectivity index (χ3n) is 3.12. The molecule has 0 amide bonds. The highest BCUT2D eigenvalue weighted by Crippen LogP contribution is 2.19. The molecule has 0 heterocycles. The average Bonchev–Trinajstić information content (AvgIpc) is 2.46. The minimum atomic E-state index is -0.389. The van der Waals surface area contributed by atoms with Crippen LogP contribution in [0.1, 0.15) is 55.3 Å². The number of aromatic hydroxyl groups is 1. The highest BCUT2D eigenvalue weighted by atomic mass is 16.7. The zero-order valence-corrected chi connectivity index (χ0v) is 11.5. The van der Waals surface area contributed by atoms with Crippen LogP contribution in [0.25, 0.3) is 0 Å². The van der Waals surface area contributed by atoms with E-state index in [4.69, 9.17) is 5.90 Å². The number of carbonyl (C=O) groups is 2. The van der Waals surface area contributed by atoms with Crippen LogP contribution in [0.15, 0.2) is 24.3 Å². The topological polar surface area (TPSA) is 89.6 Å². The summed E-state index contributed by atoms with van der Waals surface area (Å²) < 4.78 is 0. The summed E-state index contributed by atoms with van der Waals surface area (Å²) in [7, 11) is 0. The Labute approximate surface area is 118 Å². The number of hydrogen-bond donors (Lipinski definition) is 2. The van der Waals surface area contributed by atoms with E-state index in [1.54, 1.807) is 18.2 Å². The second-order valence-corrected chi connectivity index (χ2v) is 4.70. The fourth-order valence-corrected chi connectivity index (χ4v) is 1.99. The fourth-order valence-electron chi connectivity index (χ4n) is 1.99. The van der Waals surface area contributed by atoms with Crippen molar-refractivity contribution in [2.75, 3.05) is 0 Å². The van der Waals surface area contributed by atoms with Gasteiger partial charge < -0.3 is 9.94 Å². The van der Waals surface area contributed by atoms with Crippen LogP contribution in [-0.4, -0.2) is 16.9 Å².